The van der Waals surface area contributed by atoms with E-state index in [0.29, 0.717) is 43.6 Å². The van der Waals surface area contributed by atoms with E-state index in [1.807, 2.05) is 90.5 Å². The number of aryl methyl sites for hydroxylation is 1. The van der Waals surface area contributed by atoms with E-state index in [-0.39, 0.29) is 61.8 Å². The molecule has 10 N–H and O–H groups in total. The number of rotatable bonds is 27. The van der Waals surface area contributed by atoms with Crippen molar-refractivity contribution >= 4 is 64.1 Å². The summed E-state index contributed by atoms with van der Waals surface area (Å²) < 4.78 is 7.28. The monoisotopic (exact) mass is 1000 g/mol. The number of carbonyl (C=O) groups is 8. The van der Waals surface area contributed by atoms with Crippen molar-refractivity contribution in [3.05, 3.63) is 77.5 Å². The normalized spacial score (nSPS) is 13.5. The van der Waals surface area contributed by atoms with E-state index < -0.39 is 64.8 Å². The minimum atomic E-state index is -1.34. The van der Waals surface area contributed by atoms with Gasteiger partial charge in [0, 0.05) is 73.9 Å². The fourth-order valence-electron chi connectivity index (χ4n) is 7.80. The summed E-state index contributed by atoms with van der Waals surface area (Å²) in [4.78, 5) is 103. The molecular weight excluding hydrogens is 925 g/mol. The van der Waals surface area contributed by atoms with Crippen molar-refractivity contribution in [1.82, 2.24) is 41.4 Å². The largest absolute Gasteiger partial charge is 0.480 e. The molecular formula is C52H78N10O10. The van der Waals surface area contributed by atoms with Crippen molar-refractivity contribution in [1.29, 1.82) is 0 Å². The Morgan fingerprint density at radius 3 is 2.08 bits per heavy atom. The van der Waals surface area contributed by atoms with Gasteiger partial charge in [-0.25, -0.2) is 9.59 Å². The first-order valence-electron chi connectivity index (χ1n) is 24.3. The molecule has 396 valence electrons. The van der Waals surface area contributed by atoms with Gasteiger partial charge in [0.2, 0.25) is 35.4 Å². The maximum Gasteiger partial charge on any atom is 0.407 e. The van der Waals surface area contributed by atoms with Gasteiger partial charge < -0.3 is 62.3 Å². The van der Waals surface area contributed by atoms with Crippen LogP contribution in [-0.4, -0.2) is 127 Å². The van der Waals surface area contributed by atoms with Crippen LogP contribution in [0.4, 0.5) is 10.5 Å². The van der Waals surface area contributed by atoms with E-state index in [0.717, 1.165) is 16.5 Å². The number of fused-ring (bicyclic) bond motifs is 1. The second-order valence-corrected chi connectivity index (χ2v) is 20.1. The van der Waals surface area contributed by atoms with Gasteiger partial charge in [0.15, 0.2) is 0 Å². The summed E-state index contributed by atoms with van der Waals surface area (Å²) in [5.74, 6) is -3.96. The fourth-order valence-corrected chi connectivity index (χ4v) is 7.80. The predicted molar refractivity (Wildman–Crippen MR) is 276 cm³/mol. The summed E-state index contributed by atoms with van der Waals surface area (Å²) in [6, 6.07) is 11.0. The highest BCUT2D eigenvalue weighted by atomic mass is 16.5. The van der Waals surface area contributed by atoms with Crippen molar-refractivity contribution in [3.8, 4) is 0 Å². The van der Waals surface area contributed by atoms with Gasteiger partial charge in [-0.15, -0.1) is 0 Å². The van der Waals surface area contributed by atoms with E-state index in [2.05, 4.69) is 37.2 Å². The van der Waals surface area contributed by atoms with Gasteiger partial charge in [0.25, 0.3) is 0 Å². The van der Waals surface area contributed by atoms with Crippen LogP contribution in [-0.2, 0) is 57.4 Å². The van der Waals surface area contributed by atoms with Crippen LogP contribution >= 0.6 is 0 Å². The van der Waals surface area contributed by atoms with E-state index >= 15 is 0 Å². The van der Waals surface area contributed by atoms with Crippen LogP contribution in [0.25, 0.3) is 10.9 Å². The molecule has 0 aliphatic rings. The molecule has 72 heavy (non-hydrogen) atoms. The van der Waals surface area contributed by atoms with Crippen LogP contribution in [0.5, 0.6) is 0 Å². The number of carboxylic acids is 1. The molecule has 0 saturated heterocycles. The van der Waals surface area contributed by atoms with Crippen LogP contribution in [0.2, 0.25) is 0 Å². The first-order chi connectivity index (χ1) is 33.8. The molecule has 0 unspecified atom stereocenters. The third-order valence-electron chi connectivity index (χ3n) is 12.4. The average molecular weight is 1000 g/mol. The molecule has 2 aromatic carbocycles. The maximum atomic E-state index is 14.0. The number of likely N-dealkylation sites (N-methyl/N-ethyl adjacent to an activating group) is 2. The maximum absolute atomic E-state index is 14.0. The fraction of sp³-hybridized carbons (Fsp3) is 0.538. The summed E-state index contributed by atoms with van der Waals surface area (Å²) in [7, 11) is 5.24. The number of aromatic nitrogens is 1. The highest BCUT2D eigenvalue weighted by molar-refractivity contribution is 5.97. The Hall–Kier alpha value is -6.80. The Morgan fingerprint density at radius 2 is 1.47 bits per heavy atom. The molecule has 20 heteroatoms. The van der Waals surface area contributed by atoms with Crippen molar-refractivity contribution in [3.63, 3.8) is 0 Å². The predicted octanol–water partition coefficient (Wildman–Crippen LogP) is 3.58. The molecule has 0 saturated carbocycles. The summed E-state index contributed by atoms with van der Waals surface area (Å²) in [5, 5.41) is 30.1. The quantitative estimate of drug-likeness (QED) is 0.0392. The molecule has 4 atom stereocenters. The third-order valence-corrected chi connectivity index (χ3v) is 12.4. The van der Waals surface area contributed by atoms with Crippen molar-refractivity contribution in [2.75, 3.05) is 45.6 Å². The zero-order valence-corrected chi connectivity index (χ0v) is 43.8. The standard InChI is InChI=1S/C52H78N10O10/c1-32(2)42(53)46(66)57-29-41(64)58-35-21-19-34(20-22-35)31-72-50(71)56-27-16-12-15-26-55-40(63)24-23-38(49(69)70)59-45(65)33(3)25-28-61(10)48(68)44(51(4,5)6)60-47(67)43(54-9)52(7,8)37-30-62(11)39-18-14-13-17-36(37)39/h13-14,17-22,25,30,32,38,42-44,54H,12,15-16,23-24,26-29,31,53H2,1-11H3,(H,55,63)(H,56,71)(H,57,66)(H,58,64)(H,59,65)(H,60,67)(H,69,70)/b33-25+/t38-,42+,43-,44-/m1/s1. The molecule has 0 radical (unpaired) electrons. The molecule has 1 aromatic heterocycles. The number of amides is 7. The Bertz CT molecular complexity index is 2390. The lowest BCUT2D eigenvalue weighted by atomic mass is 9.76. The van der Waals surface area contributed by atoms with E-state index in [4.69, 9.17) is 10.5 Å². The first-order valence-corrected chi connectivity index (χ1v) is 24.3. The summed E-state index contributed by atoms with van der Waals surface area (Å²) in [6.07, 6.45) is 4.52. The van der Waals surface area contributed by atoms with Crippen LogP contribution < -0.4 is 43.0 Å². The molecule has 0 spiro atoms. The number of nitrogens with zero attached hydrogens (tertiary/aromatic N) is 2. The van der Waals surface area contributed by atoms with E-state index in [1.54, 1.807) is 38.4 Å². The van der Waals surface area contributed by atoms with Gasteiger partial charge >= 0.3 is 12.1 Å². The van der Waals surface area contributed by atoms with Gasteiger partial charge in [-0.3, -0.25) is 28.8 Å². The number of nitrogens with one attached hydrogen (secondary N) is 7. The number of anilines is 1. The number of carboxylic acid groups (broad SMARTS) is 1. The number of aliphatic carboxylic acids is 1. The summed E-state index contributed by atoms with van der Waals surface area (Å²) >= 11 is 0. The third kappa shape index (κ3) is 18.1. The number of alkyl carbamates (subject to hydrolysis) is 1. The number of para-hydroxylation sites is 1. The Labute approximate surface area is 423 Å². The highest BCUT2D eigenvalue weighted by Crippen LogP contribution is 2.35. The molecule has 0 aliphatic heterocycles. The number of carbonyl (C=O) groups excluding carboxylic acids is 7. The van der Waals surface area contributed by atoms with Gasteiger partial charge in [0.05, 0.1) is 18.6 Å². The zero-order chi connectivity index (χ0) is 53.9. The highest BCUT2D eigenvalue weighted by Gasteiger charge is 2.42. The number of nitrogens with two attached hydrogens (primary N) is 1. The van der Waals surface area contributed by atoms with Crippen LogP contribution in [0.15, 0.2) is 66.4 Å². The molecule has 7 amide bonds. The molecule has 3 rings (SSSR count). The summed E-state index contributed by atoms with van der Waals surface area (Å²) in [5.41, 5.74) is 7.80. The zero-order valence-electron chi connectivity index (χ0n) is 43.8. The van der Waals surface area contributed by atoms with Gasteiger partial charge in [0.1, 0.15) is 18.7 Å². The van der Waals surface area contributed by atoms with E-state index in [9.17, 15) is 43.5 Å². The van der Waals surface area contributed by atoms with Crippen molar-refractivity contribution in [2.45, 2.75) is 124 Å². The van der Waals surface area contributed by atoms with Crippen LogP contribution in [0, 0.1) is 11.3 Å². The minimum Gasteiger partial charge on any atom is -0.480 e. The first kappa shape index (κ1) is 59.5. The molecule has 3 aromatic rings. The number of hydrogen-bond acceptors (Lipinski definition) is 11. The molecule has 20 nitrogen and oxygen atoms in total. The van der Waals surface area contributed by atoms with E-state index in [1.165, 1.54) is 17.9 Å². The lowest BCUT2D eigenvalue weighted by molar-refractivity contribution is -0.141. The Balaban J connectivity index is 1.37. The number of ether oxygens (including phenoxy) is 1. The van der Waals surface area contributed by atoms with Crippen molar-refractivity contribution in [2.24, 2.45) is 24.1 Å². The average Bonchev–Trinajstić information content (AvgIpc) is 3.68. The second kappa shape index (κ2) is 27.7. The topological polar surface area (TPSA) is 284 Å². The van der Waals surface area contributed by atoms with Gasteiger partial charge in [-0.1, -0.05) is 84.9 Å². The SMILES string of the molecule is CN[C@H](C(=O)N[C@H](C(=O)N(C)C/C=C(\C)C(=O)N[C@H](CCC(=O)NCCCCCNC(=O)OCc1ccc(NC(=O)CNC(=O)[C@@H](N)C(C)C)cc1)C(=O)O)C(C)(C)C)C(C)(C)c1cn(C)c2ccccc12. The molecule has 1 heterocycles. The lowest BCUT2D eigenvalue weighted by Crippen LogP contribution is -2.60. The lowest BCUT2D eigenvalue weighted by Gasteiger charge is -2.38. The van der Waals surface area contributed by atoms with Gasteiger partial charge in [-0.05, 0) is 80.3 Å². The van der Waals surface area contributed by atoms with Crippen LogP contribution in [0.1, 0.15) is 98.6 Å². The smallest absolute Gasteiger partial charge is 0.407 e. The number of unbranched alkanes of at least 4 members (excludes halogenated alkanes) is 2. The number of hydrogen-bond donors (Lipinski definition) is 9. The minimum absolute atomic E-state index is 0.00118. The summed E-state index contributed by atoms with van der Waals surface area (Å²) in [6.45, 7) is 15.1. The molecule has 0 fully saturated rings. The van der Waals surface area contributed by atoms with Gasteiger partial charge in [-0.2, -0.15) is 0 Å². The molecule has 0 bridgehead atoms. The van der Waals surface area contributed by atoms with Crippen LogP contribution in [0.3, 0.4) is 0 Å². The Kier molecular flexibility index (Phi) is 22.9. The number of benzene rings is 2. The molecule has 0 aliphatic carbocycles. The second-order valence-electron chi connectivity index (χ2n) is 20.1. The van der Waals surface area contributed by atoms with Crippen molar-refractivity contribution < 1.29 is 48.2 Å². The Morgan fingerprint density at radius 1 is 0.833 bits per heavy atom.